The van der Waals surface area contributed by atoms with Crippen LogP contribution < -0.4 is 10.6 Å². The minimum atomic E-state index is -0.383. The summed E-state index contributed by atoms with van der Waals surface area (Å²) in [6.45, 7) is 3.77. The summed E-state index contributed by atoms with van der Waals surface area (Å²) in [5.74, 6) is -0.740. The maximum Gasteiger partial charge on any atom is 0.233 e. The largest absolute Gasteiger partial charge is 0.326 e. The Morgan fingerprint density at radius 3 is 2.32 bits per heavy atom. The Labute approximate surface area is 134 Å². The standard InChI is InChI=1S/C17H17ClN2O2/c1-11-7-8-13(9-14(11)18)19-16(21)10-17(22)20-15-6-4-3-5-12(15)2/h3-9H,10H2,1-2H3,(H,19,21)(H,20,22). The Balaban J connectivity index is 1.92. The molecule has 0 aromatic heterocycles. The molecule has 0 saturated heterocycles. The van der Waals surface area contributed by atoms with E-state index in [1.807, 2.05) is 38.1 Å². The minimum Gasteiger partial charge on any atom is -0.326 e. The first kappa shape index (κ1) is 16.0. The monoisotopic (exact) mass is 316 g/mol. The number of amides is 2. The van der Waals surface area contributed by atoms with Crippen LogP contribution >= 0.6 is 11.6 Å². The molecule has 0 radical (unpaired) electrons. The topological polar surface area (TPSA) is 58.2 Å². The predicted octanol–water partition coefficient (Wildman–Crippen LogP) is 3.92. The van der Waals surface area contributed by atoms with Crippen molar-refractivity contribution < 1.29 is 9.59 Å². The molecule has 0 aliphatic rings. The molecule has 2 rings (SSSR count). The predicted molar refractivity (Wildman–Crippen MR) is 89.2 cm³/mol. The molecule has 114 valence electrons. The highest BCUT2D eigenvalue weighted by molar-refractivity contribution is 6.31. The highest BCUT2D eigenvalue weighted by Gasteiger charge is 2.11. The lowest BCUT2D eigenvalue weighted by atomic mass is 10.2. The summed E-state index contributed by atoms with van der Waals surface area (Å²) in [7, 11) is 0. The Morgan fingerprint density at radius 1 is 0.955 bits per heavy atom. The number of hydrogen-bond donors (Lipinski definition) is 2. The molecule has 22 heavy (non-hydrogen) atoms. The molecule has 0 atom stereocenters. The van der Waals surface area contributed by atoms with E-state index in [9.17, 15) is 9.59 Å². The summed E-state index contributed by atoms with van der Waals surface area (Å²) in [6.07, 6.45) is -0.250. The van der Waals surface area contributed by atoms with Crippen LogP contribution in [0.15, 0.2) is 42.5 Å². The number of carbonyl (C=O) groups excluding carboxylic acids is 2. The molecule has 0 bridgehead atoms. The van der Waals surface area contributed by atoms with Gasteiger partial charge in [-0.15, -0.1) is 0 Å². The maximum atomic E-state index is 11.9. The first-order valence-electron chi connectivity index (χ1n) is 6.87. The number of para-hydroxylation sites is 1. The number of aryl methyl sites for hydroxylation is 2. The summed E-state index contributed by atoms with van der Waals surface area (Å²) in [5.41, 5.74) is 3.15. The van der Waals surface area contributed by atoms with E-state index in [1.54, 1.807) is 18.2 Å². The van der Waals surface area contributed by atoms with E-state index in [0.29, 0.717) is 16.4 Å². The second-order valence-electron chi connectivity index (χ2n) is 5.05. The van der Waals surface area contributed by atoms with Gasteiger partial charge < -0.3 is 10.6 Å². The molecule has 0 aliphatic heterocycles. The Morgan fingerprint density at radius 2 is 1.64 bits per heavy atom. The Kier molecular flexibility index (Phi) is 5.17. The maximum absolute atomic E-state index is 11.9. The molecular weight excluding hydrogens is 300 g/mol. The zero-order chi connectivity index (χ0) is 16.1. The van der Waals surface area contributed by atoms with Gasteiger partial charge in [0.1, 0.15) is 6.42 Å². The lowest BCUT2D eigenvalue weighted by molar-refractivity contribution is -0.123. The van der Waals surface area contributed by atoms with Gasteiger partial charge in [-0.2, -0.15) is 0 Å². The van der Waals surface area contributed by atoms with Crippen LogP contribution in [0.4, 0.5) is 11.4 Å². The second-order valence-corrected chi connectivity index (χ2v) is 5.46. The van der Waals surface area contributed by atoms with Gasteiger partial charge in [0, 0.05) is 16.4 Å². The molecule has 2 aromatic carbocycles. The van der Waals surface area contributed by atoms with Crippen LogP contribution in [0.5, 0.6) is 0 Å². The smallest absolute Gasteiger partial charge is 0.233 e. The van der Waals surface area contributed by atoms with Gasteiger partial charge >= 0.3 is 0 Å². The Hall–Kier alpha value is -2.33. The van der Waals surface area contributed by atoms with Crippen molar-refractivity contribution in [3.05, 3.63) is 58.6 Å². The third-order valence-electron chi connectivity index (χ3n) is 3.20. The number of halogens is 1. The van der Waals surface area contributed by atoms with Crippen LogP contribution in [0, 0.1) is 13.8 Å². The van der Waals surface area contributed by atoms with Gasteiger partial charge in [0.05, 0.1) is 0 Å². The van der Waals surface area contributed by atoms with Crippen molar-refractivity contribution in [2.24, 2.45) is 0 Å². The van der Waals surface area contributed by atoms with Crippen LogP contribution in [0.1, 0.15) is 17.5 Å². The number of anilines is 2. The lowest BCUT2D eigenvalue weighted by Gasteiger charge is -2.09. The normalized spacial score (nSPS) is 10.1. The van der Waals surface area contributed by atoms with Crippen LogP contribution in [-0.2, 0) is 9.59 Å². The molecule has 2 aromatic rings. The summed E-state index contributed by atoms with van der Waals surface area (Å²) in [6, 6.07) is 12.6. The zero-order valence-corrected chi connectivity index (χ0v) is 13.2. The first-order valence-corrected chi connectivity index (χ1v) is 7.25. The molecule has 0 aliphatic carbocycles. The van der Waals surface area contributed by atoms with Gasteiger partial charge in [-0.05, 0) is 43.2 Å². The molecule has 0 saturated carbocycles. The summed E-state index contributed by atoms with van der Waals surface area (Å²) < 4.78 is 0. The van der Waals surface area contributed by atoms with E-state index in [4.69, 9.17) is 11.6 Å². The SMILES string of the molecule is Cc1ccc(NC(=O)CC(=O)Nc2ccccc2C)cc1Cl. The van der Waals surface area contributed by atoms with Crippen molar-refractivity contribution >= 4 is 34.8 Å². The number of carbonyl (C=O) groups is 2. The van der Waals surface area contributed by atoms with Gasteiger partial charge in [0.15, 0.2) is 0 Å². The number of hydrogen-bond acceptors (Lipinski definition) is 2. The van der Waals surface area contributed by atoms with E-state index in [1.165, 1.54) is 0 Å². The molecule has 2 N–H and O–H groups in total. The lowest BCUT2D eigenvalue weighted by Crippen LogP contribution is -2.21. The van der Waals surface area contributed by atoms with E-state index >= 15 is 0 Å². The molecule has 4 nitrogen and oxygen atoms in total. The zero-order valence-electron chi connectivity index (χ0n) is 12.4. The Bertz CT molecular complexity index is 714. The minimum absolute atomic E-state index is 0.250. The van der Waals surface area contributed by atoms with Crippen molar-refractivity contribution in [3.63, 3.8) is 0 Å². The average molecular weight is 317 g/mol. The van der Waals surface area contributed by atoms with Gasteiger partial charge in [0.25, 0.3) is 0 Å². The average Bonchev–Trinajstić information content (AvgIpc) is 2.45. The number of rotatable bonds is 4. The van der Waals surface area contributed by atoms with E-state index in [-0.39, 0.29) is 18.2 Å². The van der Waals surface area contributed by atoms with Gasteiger partial charge in [-0.25, -0.2) is 0 Å². The summed E-state index contributed by atoms with van der Waals surface area (Å²) >= 11 is 6.00. The van der Waals surface area contributed by atoms with Crippen molar-refractivity contribution in [1.82, 2.24) is 0 Å². The fourth-order valence-corrected chi connectivity index (χ4v) is 2.11. The van der Waals surface area contributed by atoms with Gasteiger partial charge in [0.2, 0.25) is 11.8 Å². The third kappa shape index (κ3) is 4.33. The van der Waals surface area contributed by atoms with Gasteiger partial charge in [-0.3, -0.25) is 9.59 Å². The van der Waals surface area contributed by atoms with E-state index < -0.39 is 0 Å². The van der Waals surface area contributed by atoms with Crippen LogP contribution in [-0.4, -0.2) is 11.8 Å². The van der Waals surface area contributed by atoms with Crippen molar-refractivity contribution in [1.29, 1.82) is 0 Å². The molecule has 0 spiro atoms. The number of nitrogens with one attached hydrogen (secondary N) is 2. The molecular formula is C17H17ClN2O2. The molecule has 0 heterocycles. The molecule has 0 fully saturated rings. The van der Waals surface area contributed by atoms with Crippen LogP contribution in [0.25, 0.3) is 0 Å². The number of benzene rings is 2. The molecule has 2 amide bonds. The van der Waals surface area contributed by atoms with Crippen molar-refractivity contribution in [2.75, 3.05) is 10.6 Å². The fraction of sp³-hybridized carbons (Fsp3) is 0.176. The third-order valence-corrected chi connectivity index (χ3v) is 3.60. The highest BCUT2D eigenvalue weighted by Crippen LogP contribution is 2.20. The highest BCUT2D eigenvalue weighted by atomic mass is 35.5. The van der Waals surface area contributed by atoms with E-state index in [0.717, 1.165) is 11.1 Å². The van der Waals surface area contributed by atoms with Gasteiger partial charge in [-0.1, -0.05) is 35.9 Å². The van der Waals surface area contributed by atoms with Crippen molar-refractivity contribution in [3.8, 4) is 0 Å². The van der Waals surface area contributed by atoms with Crippen LogP contribution in [0.2, 0.25) is 5.02 Å². The summed E-state index contributed by atoms with van der Waals surface area (Å²) in [4.78, 5) is 23.8. The fourth-order valence-electron chi connectivity index (χ4n) is 1.93. The van der Waals surface area contributed by atoms with Crippen molar-refractivity contribution in [2.45, 2.75) is 20.3 Å². The molecule has 0 unspecified atom stereocenters. The van der Waals surface area contributed by atoms with E-state index in [2.05, 4.69) is 10.6 Å². The molecule has 5 heteroatoms. The first-order chi connectivity index (χ1) is 10.5. The summed E-state index contributed by atoms with van der Waals surface area (Å²) in [5, 5.41) is 5.95. The quantitative estimate of drug-likeness (QED) is 0.840. The van der Waals surface area contributed by atoms with Crippen LogP contribution in [0.3, 0.4) is 0 Å². The second kappa shape index (κ2) is 7.09.